The summed E-state index contributed by atoms with van der Waals surface area (Å²) in [5, 5.41) is 0. The molecule has 0 amide bonds. The van der Waals surface area contributed by atoms with Crippen LogP contribution in [0.1, 0.15) is 61.3 Å². The lowest BCUT2D eigenvalue weighted by Gasteiger charge is -2.30. The van der Waals surface area contributed by atoms with Gasteiger partial charge in [0, 0.05) is 18.6 Å². The fourth-order valence-electron chi connectivity index (χ4n) is 2.28. The normalized spacial score (nSPS) is 12.6. The smallest absolute Gasteiger partial charge is 0.311 e. The van der Waals surface area contributed by atoms with Crippen LogP contribution >= 0.6 is 0 Å². The van der Waals surface area contributed by atoms with Crippen molar-refractivity contribution in [3.05, 3.63) is 0 Å². The number of carbonyl (C=O) groups is 1. The topological polar surface area (TPSA) is 29.5 Å². The number of carbonyl (C=O) groups excluding carboxylic acids is 1. The van der Waals surface area contributed by atoms with Crippen molar-refractivity contribution < 1.29 is 9.53 Å². The maximum absolute atomic E-state index is 11.9. The van der Waals surface area contributed by atoms with Crippen molar-refractivity contribution in [1.82, 2.24) is 4.90 Å². The lowest BCUT2D eigenvalue weighted by Crippen LogP contribution is -2.40. The first-order valence-corrected chi connectivity index (χ1v) is 7.15. The van der Waals surface area contributed by atoms with Gasteiger partial charge in [0.15, 0.2) is 0 Å². The van der Waals surface area contributed by atoms with Crippen LogP contribution in [0.4, 0.5) is 0 Å². The highest BCUT2D eigenvalue weighted by atomic mass is 16.5. The first-order valence-electron chi connectivity index (χ1n) is 7.15. The second-order valence-corrected chi connectivity index (χ2v) is 6.20. The van der Waals surface area contributed by atoms with Gasteiger partial charge in [0.2, 0.25) is 0 Å². The number of rotatable bonds is 8. The van der Waals surface area contributed by atoms with Gasteiger partial charge < -0.3 is 4.74 Å². The van der Waals surface area contributed by atoms with E-state index >= 15 is 0 Å². The van der Waals surface area contributed by atoms with Gasteiger partial charge in [-0.25, -0.2) is 0 Å². The molecule has 108 valence electrons. The van der Waals surface area contributed by atoms with Crippen LogP contribution < -0.4 is 0 Å². The van der Waals surface area contributed by atoms with E-state index in [0.717, 1.165) is 19.4 Å². The highest BCUT2D eigenvalue weighted by Crippen LogP contribution is 2.23. The van der Waals surface area contributed by atoms with E-state index in [0.29, 0.717) is 18.7 Å². The van der Waals surface area contributed by atoms with E-state index in [1.54, 1.807) is 0 Å². The van der Waals surface area contributed by atoms with E-state index < -0.39 is 0 Å². The van der Waals surface area contributed by atoms with Crippen LogP contribution in [0.15, 0.2) is 0 Å². The Kier molecular flexibility index (Phi) is 7.53. The number of esters is 1. The molecule has 0 rings (SSSR count). The molecular formula is C15H31NO2. The lowest BCUT2D eigenvalue weighted by atomic mass is 9.88. The Morgan fingerprint density at radius 2 is 1.67 bits per heavy atom. The van der Waals surface area contributed by atoms with Crippen molar-refractivity contribution in [2.45, 2.75) is 73.4 Å². The molecule has 0 radical (unpaired) electrons. The van der Waals surface area contributed by atoms with Crippen LogP contribution in [0.25, 0.3) is 0 Å². The largest absolute Gasteiger partial charge is 0.464 e. The van der Waals surface area contributed by atoms with Crippen LogP contribution in [0.2, 0.25) is 0 Å². The minimum Gasteiger partial charge on any atom is -0.464 e. The Morgan fingerprint density at radius 1 is 1.17 bits per heavy atom. The zero-order valence-corrected chi connectivity index (χ0v) is 13.2. The molecule has 0 atom stereocenters. The van der Waals surface area contributed by atoms with Gasteiger partial charge in [0.05, 0.1) is 5.41 Å². The number of nitrogens with zero attached hydrogens (tertiary/aromatic N) is 1. The third-order valence-electron chi connectivity index (χ3n) is 3.34. The molecule has 0 aromatic carbocycles. The molecular weight excluding hydrogens is 226 g/mol. The molecule has 0 fully saturated rings. The summed E-state index contributed by atoms with van der Waals surface area (Å²) >= 11 is 0. The number of ether oxygens (including phenoxy) is 1. The standard InChI is InChI=1S/C15H31NO2/c1-8-9-15(6,7)14(17)18-11-10-16(12(2)3)13(4)5/h12-13H,8-11H2,1-7H3. The fourth-order valence-corrected chi connectivity index (χ4v) is 2.28. The Labute approximate surface area is 113 Å². The lowest BCUT2D eigenvalue weighted by molar-refractivity contribution is -0.155. The monoisotopic (exact) mass is 257 g/mol. The Bertz CT molecular complexity index is 239. The van der Waals surface area contributed by atoms with Gasteiger partial charge in [-0.1, -0.05) is 13.3 Å². The molecule has 0 spiro atoms. The van der Waals surface area contributed by atoms with Gasteiger partial charge in [-0.3, -0.25) is 9.69 Å². The second kappa shape index (κ2) is 7.78. The summed E-state index contributed by atoms with van der Waals surface area (Å²) in [5.41, 5.74) is -0.352. The van der Waals surface area contributed by atoms with E-state index in [4.69, 9.17) is 4.74 Å². The minimum absolute atomic E-state index is 0.0724. The van der Waals surface area contributed by atoms with E-state index in [-0.39, 0.29) is 11.4 Å². The molecule has 3 heteroatoms. The molecule has 0 aliphatic heterocycles. The number of hydrogen-bond donors (Lipinski definition) is 0. The van der Waals surface area contributed by atoms with Crippen molar-refractivity contribution in [3.8, 4) is 0 Å². The van der Waals surface area contributed by atoms with Gasteiger partial charge >= 0.3 is 5.97 Å². The summed E-state index contributed by atoms with van der Waals surface area (Å²) in [6.07, 6.45) is 1.89. The maximum Gasteiger partial charge on any atom is 0.311 e. The van der Waals surface area contributed by atoms with Crippen LogP contribution in [-0.2, 0) is 9.53 Å². The van der Waals surface area contributed by atoms with E-state index in [9.17, 15) is 4.79 Å². The molecule has 18 heavy (non-hydrogen) atoms. The highest BCUT2D eigenvalue weighted by molar-refractivity contribution is 5.75. The summed E-state index contributed by atoms with van der Waals surface area (Å²) < 4.78 is 5.41. The van der Waals surface area contributed by atoms with E-state index in [2.05, 4.69) is 39.5 Å². The molecule has 0 aromatic rings. The van der Waals surface area contributed by atoms with E-state index in [1.807, 2.05) is 13.8 Å². The highest BCUT2D eigenvalue weighted by Gasteiger charge is 2.28. The summed E-state index contributed by atoms with van der Waals surface area (Å²) in [6, 6.07) is 0.958. The average Bonchev–Trinajstić information content (AvgIpc) is 2.22. The van der Waals surface area contributed by atoms with Gasteiger partial charge in [0.25, 0.3) is 0 Å². The molecule has 0 bridgehead atoms. The van der Waals surface area contributed by atoms with E-state index in [1.165, 1.54) is 0 Å². The molecule has 0 heterocycles. The summed E-state index contributed by atoms with van der Waals surface area (Å²) in [7, 11) is 0. The molecule has 0 saturated carbocycles. The summed E-state index contributed by atoms with van der Waals surface area (Å²) in [5.74, 6) is -0.0724. The first-order chi connectivity index (χ1) is 8.22. The van der Waals surface area contributed by atoms with Crippen LogP contribution in [0.5, 0.6) is 0 Å². The van der Waals surface area contributed by atoms with Crippen LogP contribution in [0.3, 0.4) is 0 Å². The predicted octanol–water partition coefficient (Wildman–Crippen LogP) is 3.47. The van der Waals surface area contributed by atoms with Crippen molar-refractivity contribution in [3.63, 3.8) is 0 Å². The molecule has 3 nitrogen and oxygen atoms in total. The van der Waals surface area contributed by atoms with Gasteiger partial charge in [-0.15, -0.1) is 0 Å². The molecule has 0 aliphatic rings. The zero-order chi connectivity index (χ0) is 14.3. The second-order valence-electron chi connectivity index (χ2n) is 6.20. The van der Waals surface area contributed by atoms with Crippen molar-refractivity contribution in [1.29, 1.82) is 0 Å². The molecule has 0 saturated heterocycles. The molecule has 0 aromatic heterocycles. The summed E-state index contributed by atoms with van der Waals surface area (Å²) in [4.78, 5) is 14.3. The third-order valence-corrected chi connectivity index (χ3v) is 3.34. The van der Waals surface area contributed by atoms with Crippen LogP contribution in [0, 0.1) is 5.41 Å². The Balaban J connectivity index is 4.14. The zero-order valence-electron chi connectivity index (χ0n) is 13.2. The quantitative estimate of drug-likeness (QED) is 0.624. The Hall–Kier alpha value is -0.570. The number of hydrogen-bond acceptors (Lipinski definition) is 3. The SMILES string of the molecule is CCCC(C)(C)C(=O)OCCN(C(C)C)C(C)C. The molecule has 0 N–H and O–H groups in total. The predicted molar refractivity (Wildman–Crippen MR) is 76.6 cm³/mol. The maximum atomic E-state index is 11.9. The van der Waals surface area contributed by atoms with Crippen molar-refractivity contribution in [2.24, 2.45) is 5.41 Å². The van der Waals surface area contributed by atoms with Gasteiger partial charge in [0.1, 0.15) is 6.61 Å². The Morgan fingerprint density at radius 3 is 2.06 bits per heavy atom. The minimum atomic E-state index is -0.352. The summed E-state index contributed by atoms with van der Waals surface area (Å²) in [6.45, 7) is 16.0. The fraction of sp³-hybridized carbons (Fsp3) is 0.933. The van der Waals surface area contributed by atoms with Crippen molar-refractivity contribution in [2.75, 3.05) is 13.2 Å². The third kappa shape index (κ3) is 5.85. The van der Waals surface area contributed by atoms with Crippen LogP contribution in [-0.4, -0.2) is 36.1 Å². The average molecular weight is 257 g/mol. The van der Waals surface area contributed by atoms with Gasteiger partial charge in [-0.2, -0.15) is 0 Å². The molecule has 0 unspecified atom stereocenters. The van der Waals surface area contributed by atoms with Gasteiger partial charge in [-0.05, 0) is 48.0 Å². The molecule has 0 aliphatic carbocycles. The van der Waals surface area contributed by atoms with Crippen molar-refractivity contribution >= 4 is 5.97 Å². The first kappa shape index (κ1) is 17.4.